The number of fused-ring (bicyclic) bond motifs is 1. The van der Waals surface area contributed by atoms with Crippen molar-refractivity contribution in [3.8, 4) is 11.5 Å². The van der Waals surface area contributed by atoms with Crippen molar-refractivity contribution in [2.24, 2.45) is 0 Å². The van der Waals surface area contributed by atoms with E-state index in [-0.39, 0.29) is 0 Å². The average molecular weight is 366 g/mol. The molecule has 6 heteroatoms. The molecule has 27 heavy (non-hydrogen) atoms. The van der Waals surface area contributed by atoms with E-state index in [2.05, 4.69) is 57.4 Å². The van der Waals surface area contributed by atoms with E-state index in [9.17, 15) is 0 Å². The largest absolute Gasteiger partial charge is 0.493 e. The van der Waals surface area contributed by atoms with Crippen LogP contribution in [0.2, 0.25) is 0 Å². The predicted molar refractivity (Wildman–Crippen MR) is 106 cm³/mol. The lowest BCUT2D eigenvalue weighted by atomic mass is 10.0. The standard InChI is InChI=1S/C21H26N4O2/c1-24-8-9-25(13-15-4-5-17-12-22-23-18(17)10-15)14-19(24)16-6-7-20(26-2)21(11-16)27-3/h4-7,10-12,19H,8-9,13-14H2,1-3H3,(H,22,23). The number of hydrogen-bond acceptors (Lipinski definition) is 5. The van der Waals surface area contributed by atoms with E-state index in [0.29, 0.717) is 6.04 Å². The summed E-state index contributed by atoms with van der Waals surface area (Å²) in [6.45, 7) is 4.01. The van der Waals surface area contributed by atoms with Gasteiger partial charge in [0.15, 0.2) is 11.5 Å². The summed E-state index contributed by atoms with van der Waals surface area (Å²) in [5.41, 5.74) is 3.66. The van der Waals surface area contributed by atoms with Crippen LogP contribution in [0.3, 0.4) is 0 Å². The lowest BCUT2D eigenvalue weighted by Gasteiger charge is -2.40. The van der Waals surface area contributed by atoms with Crippen molar-refractivity contribution < 1.29 is 9.47 Å². The summed E-state index contributed by atoms with van der Waals surface area (Å²) < 4.78 is 10.9. The van der Waals surface area contributed by atoms with Gasteiger partial charge in [-0.3, -0.25) is 14.9 Å². The van der Waals surface area contributed by atoms with Crippen molar-refractivity contribution in [1.82, 2.24) is 20.0 Å². The van der Waals surface area contributed by atoms with Gasteiger partial charge >= 0.3 is 0 Å². The molecule has 1 aliphatic rings. The lowest BCUT2D eigenvalue weighted by molar-refractivity contribution is 0.0903. The molecule has 4 rings (SSSR count). The molecule has 0 radical (unpaired) electrons. The first-order valence-corrected chi connectivity index (χ1v) is 9.24. The molecule has 0 saturated carbocycles. The molecule has 2 aromatic carbocycles. The minimum absolute atomic E-state index is 0.328. The maximum atomic E-state index is 5.49. The zero-order chi connectivity index (χ0) is 18.8. The van der Waals surface area contributed by atoms with Crippen LogP contribution in [0.1, 0.15) is 17.2 Å². The average Bonchev–Trinajstić information content (AvgIpc) is 3.16. The quantitative estimate of drug-likeness (QED) is 0.752. The van der Waals surface area contributed by atoms with Gasteiger partial charge in [0.25, 0.3) is 0 Å². The molecule has 6 nitrogen and oxygen atoms in total. The van der Waals surface area contributed by atoms with Crippen LogP contribution in [-0.2, 0) is 6.54 Å². The third-order valence-electron chi connectivity index (χ3n) is 5.44. The van der Waals surface area contributed by atoms with E-state index in [4.69, 9.17) is 9.47 Å². The summed E-state index contributed by atoms with van der Waals surface area (Å²) in [6.07, 6.45) is 1.86. The Morgan fingerprint density at radius 2 is 1.93 bits per heavy atom. The highest BCUT2D eigenvalue weighted by Gasteiger charge is 2.26. The van der Waals surface area contributed by atoms with Crippen LogP contribution in [-0.4, -0.2) is 60.9 Å². The third kappa shape index (κ3) is 3.63. The van der Waals surface area contributed by atoms with E-state index >= 15 is 0 Å². The van der Waals surface area contributed by atoms with Crippen LogP contribution in [0.15, 0.2) is 42.6 Å². The fourth-order valence-corrected chi connectivity index (χ4v) is 3.83. The Kier molecular flexibility index (Phi) is 5.01. The number of benzene rings is 2. The SMILES string of the molecule is COc1ccc(C2CN(Cc3ccc4cn[nH]c4c3)CCN2C)cc1OC. The predicted octanol–water partition coefficient (Wildman–Crippen LogP) is 3.07. The van der Waals surface area contributed by atoms with Crippen molar-refractivity contribution in [1.29, 1.82) is 0 Å². The number of methoxy groups -OCH3 is 2. The zero-order valence-electron chi connectivity index (χ0n) is 16.1. The topological polar surface area (TPSA) is 53.6 Å². The molecule has 1 unspecified atom stereocenters. The summed E-state index contributed by atoms with van der Waals surface area (Å²) in [5, 5.41) is 8.33. The first kappa shape index (κ1) is 17.8. The van der Waals surface area contributed by atoms with Crippen LogP contribution in [0.5, 0.6) is 11.5 Å². The molecule has 142 valence electrons. The van der Waals surface area contributed by atoms with Gasteiger partial charge in [-0.1, -0.05) is 18.2 Å². The zero-order valence-corrected chi connectivity index (χ0v) is 16.1. The van der Waals surface area contributed by atoms with Gasteiger partial charge in [0.05, 0.1) is 25.9 Å². The molecule has 3 aromatic rings. The number of likely N-dealkylation sites (N-methyl/N-ethyl adjacent to an activating group) is 1. The molecule has 1 saturated heterocycles. The molecule has 1 N–H and O–H groups in total. The summed E-state index contributed by atoms with van der Waals surface area (Å²) in [5.74, 6) is 1.55. The maximum absolute atomic E-state index is 5.49. The summed E-state index contributed by atoms with van der Waals surface area (Å²) >= 11 is 0. The highest BCUT2D eigenvalue weighted by atomic mass is 16.5. The van der Waals surface area contributed by atoms with Crippen LogP contribution in [0, 0.1) is 0 Å². The molecular formula is C21H26N4O2. The van der Waals surface area contributed by atoms with E-state index in [1.165, 1.54) is 11.1 Å². The Morgan fingerprint density at radius 1 is 1.07 bits per heavy atom. The molecule has 0 spiro atoms. The van der Waals surface area contributed by atoms with Gasteiger partial charge in [0.1, 0.15) is 0 Å². The van der Waals surface area contributed by atoms with Gasteiger partial charge in [-0.15, -0.1) is 0 Å². The van der Waals surface area contributed by atoms with Crippen LogP contribution in [0.4, 0.5) is 0 Å². The Bertz CT molecular complexity index is 923. The van der Waals surface area contributed by atoms with Crippen molar-refractivity contribution >= 4 is 10.9 Å². The van der Waals surface area contributed by atoms with Gasteiger partial charge in [-0.25, -0.2) is 0 Å². The molecule has 0 amide bonds. The van der Waals surface area contributed by atoms with Gasteiger partial charge in [0, 0.05) is 37.6 Å². The number of ether oxygens (including phenoxy) is 2. The number of hydrogen-bond donors (Lipinski definition) is 1. The van der Waals surface area contributed by atoms with Crippen molar-refractivity contribution in [3.05, 3.63) is 53.7 Å². The fourth-order valence-electron chi connectivity index (χ4n) is 3.83. The van der Waals surface area contributed by atoms with E-state index in [0.717, 1.165) is 48.6 Å². The number of nitrogens with zero attached hydrogens (tertiary/aromatic N) is 3. The number of aromatic nitrogens is 2. The molecule has 1 fully saturated rings. The van der Waals surface area contributed by atoms with E-state index < -0.39 is 0 Å². The van der Waals surface area contributed by atoms with Gasteiger partial charge in [-0.05, 0) is 36.4 Å². The number of rotatable bonds is 5. The Hall–Kier alpha value is -2.57. The van der Waals surface area contributed by atoms with Crippen LogP contribution < -0.4 is 9.47 Å². The van der Waals surface area contributed by atoms with Gasteiger partial charge < -0.3 is 9.47 Å². The highest BCUT2D eigenvalue weighted by molar-refractivity contribution is 5.78. The Morgan fingerprint density at radius 3 is 2.74 bits per heavy atom. The second-order valence-corrected chi connectivity index (χ2v) is 7.14. The second-order valence-electron chi connectivity index (χ2n) is 7.14. The molecule has 1 aromatic heterocycles. The summed E-state index contributed by atoms with van der Waals surface area (Å²) in [7, 11) is 5.54. The Labute approximate surface area is 159 Å². The lowest BCUT2D eigenvalue weighted by Crippen LogP contribution is -2.46. The molecule has 2 heterocycles. The Balaban J connectivity index is 1.52. The molecule has 0 bridgehead atoms. The summed E-state index contributed by atoms with van der Waals surface area (Å²) in [6, 6.07) is 13.1. The van der Waals surface area contributed by atoms with Gasteiger partial charge in [-0.2, -0.15) is 5.10 Å². The van der Waals surface area contributed by atoms with Crippen LogP contribution >= 0.6 is 0 Å². The first-order chi connectivity index (χ1) is 13.2. The number of H-pyrrole nitrogens is 1. The van der Waals surface area contributed by atoms with E-state index in [1.807, 2.05) is 12.3 Å². The molecule has 1 aliphatic heterocycles. The fraction of sp³-hybridized carbons (Fsp3) is 0.381. The third-order valence-corrected chi connectivity index (χ3v) is 5.44. The molecule has 0 aliphatic carbocycles. The molecular weight excluding hydrogens is 340 g/mol. The second kappa shape index (κ2) is 7.58. The monoisotopic (exact) mass is 366 g/mol. The summed E-state index contributed by atoms with van der Waals surface area (Å²) in [4.78, 5) is 4.93. The minimum atomic E-state index is 0.328. The maximum Gasteiger partial charge on any atom is 0.161 e. The smallest absolute Gasteiger partial charge is 0.161 e. The van der Waals surface area contributed by atoms with Crippen molar-refractivity contribution in [3.63, 3.8) is 0 Å². The number of nitrogens with one attached hydrogen (secondary N) is 1. The normalized spacial score (nSPS) is 18.7. The van der Waals surface area contributed by atoms with Gasteiger partial charge in [0.2, 0.25) is 0 Å². The van der Waals surface area contributed by atoms with E-state index in [1.54, 1.807) is 14.2 Å². The number of piperazine rings is 1. The van der Waals surface area contributed by atoms with Crippen molar-refractivity contribution in [2.45, 2.75) is 12.6 Å². The first-order valence-electron chi connectivity index (χ1n) is 9.24. The number of aromatic amines is 1. The minimum Gasteiger partial charge on any atom is -0.493 e. The van der Waals surface area contributed by atoms with Crippen LogP contribution in [0.25, 0.3) is 10.9 Å². The molecule has 1 atom stereocenters. The highest BCUT2D eigenvalue weighted by Crippen LogP contribution is 2.33. The van der Waals surface area contributed by atoms with Crippen molar-refractivity contribution in [2.75, 3.05) is 40.9 Å².